The Morgan fingerprint density at radius 1 is 1.27 bits per heavy atom. The van der Waals surface area contributed by atoms with Crippen LogP contribution in [0.4, 0.5) is 13.2 Å². The van der Waals surface area contributed by atoms with Crippen molar-refractivity contribution in [2.45, 2.75) is 25.3 Å². The minimum atomic E-state index is -4.52. The van der Waals surface area contributed by atoms with Crippen LogP contribution in [0, 0.1) is 6.92 Å². The molecule has 3 rings (SSSR count). The van der Waals surface area contributed by atoms with Crippen molar-refractivity contribution >= 4 is 0 Å². The first-order valence-electron chi connectivity index (χ1n) is 6.31. The third kappa shape index (κ3) is 2.66. The molecule has 0 N–H and O–H groups in total. The predicted octanol–water partition coefficient (Wildman–Crippen LogP) is 1.68. The van der Waals surface area contributed by atoms with Gasteiger partial charge >= 0.3 is 6.18 Å². The summed E-state index contributed by atoms with van der Waals surface area (Å²) in [6.07, 6.45) is -4.52. The Kier molecular flexibility index (Phi) is 3.57. The van der Waals surface area contributed by atoms with Gasteiger partial charge in [0.25, 0.3) is 5.89 Å². The normalized spacial score (nSPS) is 17.3. The number of hydrogen-bond acceptors (Lipinski definition) is 7. The van der Waals surface area contributed by atoms with E-state index < -0.39 is 31.6 Å². The van der Waals surface area contributed by atoms with Gasteiger partial charge in [-0.25, -0.2) is 0 Å². The largest absolute Gasteiger partial charge is 0.422 e. The van der Waals surface area contributed by atoms with Crippen LogP contribution in [0.2, 0.25) is 0 Å². The molecule has 0 spiro atoms. The van der Waals surface area contributed by atoms with Gasteiger partial charge in [-0.1, -0.05) is 5.16 Å². The van der Waals surface area contributed by atoms with Crippen LogP contribution in [-0.2, 0) is 16.1 Å². The van der Waals surface area contributed by atoms with E-state index in [1.54, 1.807) is 19.1 Å². The fourth-order valence-corrected chi connectivity index (χ4v) is 1.75. The van der Waals surface area contributed by atoms with Gasteiger partial charge < -0.3 is 14.0 Å². The number of alkyl halides is 3. The van der Waals surface area contributed by atoms with Crippen molar-refractivity contribution in [3.8, 4) is 11.5 Å². The van der Waals surface area contributed by atoms with E-state index >= 15 is 0 Å². The van der Waals surface area contributed by atoms with Gasteiger partial charge in [-0.3, -0.25) is 0 Å². The van der Waals surface area contributed by atoms with Crippen molar-refractivity contribution in [3.63, 3.8) is 0 Å². The zero-order valence-electron chi connectivity index (χ0n) is 11.4. The summed E-state index contributed by atoms with van der Waals surface area (Å²) in [5, 5.41) is 11.3. The quantitative estimate of drug-likeness (QED) is 0.848. The lowest BCUT2D eigenvalue weighted by Crippen LogP contribution is -2.62. The first-order chi connectivity index (χ1) is 10.4. The maximum Gasteiger partial charge on any atom is 0.422 e. The smallest absolute Gasteiger partial charge is 0.375 e. The van der Waals surface area contributed by atoms with Gasteiger partial charge in [0.05, 0.1) is 18.9 Å². The lowest BCUT2D eigenvalue weighted by Gasteiger charge is -2.41. The molecule has 10 heteroatoms. The van der Waals surface area contributed by atoms with Gasteiger partial charge in [0.15, 0.2) is 0 Å². The van der Waals surface area contributed by atoms with Gasteiger partial charge in [0, 0.05) is 0 Å². The third-order valence-electron chi connectivity index (χ3n) is 3.15. The summed E-state index contributed by atoms with van der Waals surface area (Å²) in [5.74, 6) is 0.0601. The fourth-order valence-electron chi connectivity index (χ4n) is 1.75. The zero-order chi connectivity index (χ0) is 15.8. The standard InChI is InChI=1S/C12H11F3N4O3/c1-7-2-3-8(18-17-7)10-16-9(22-19-10)4-21-11(5-20-6-11)12(13,14)15/h2-3H,4-6H2,1H3. The number of nitrogens with zero attached hydrogens (tertiary/aromatic N) is 4. The first kappa shape index (κ1) is 14.9. The van der Waals surface area contributed by atoms with Crippen LogP contribution in [-0.4, -0.2) is 45.3 Å². The average Bonchev–Trinajstić information content (AvgIpc) is 2.85. The van der Waals surface area contributed by atoms with Gasteiger partial charge in [0.1, 0.15) is 12.3 Å². The van der Waals surface area contributed by atoms with Gasteiger partial charge in [-0.05, 0) is 19.1 Å². The highest BCUT2D eigenvalue weighted by Crippen LogP contribution is 2.39. The van der Waals surface area contributed by atoms with E-state index in [4.69, 9.17) is 9.26 Å². The summed E-state index contributed by atoms with van der Waals surface area (Å²) in [5.41, 5.74) is -1.23. The molecule has 0 bridgehead atoms. The summed E-state index contributed by atoms with van der Waals surface area (Å²) < 4.78 is 53.0. The molecular formula is C12H11F3N4O3. The second-order valence-corrected chi connectivity index (χ2v) is 4.85. The molecule has 22 heavy (non-hydrogen) atoms. The molecule has 1 aliphatic rings. The summed E-state index contributed by atoms with van der Waals surface area (Å²) in [7, 11) is 0. The summed E-state index contributed by atoms with van der Waals surface area (Å²) >= 11 is 0. The molecule has 3 heterocycles. The van der Waals surface area contributed by atoms with E-state index in [2.05, 4.69) is 25.1 Å². The van der Waals surface area contributed by atoms with Crippen molar-refractivity contribution in [2.75, 3.05) is 13.2 Å². The van der Waals surface area contributed by atoms with Crippen LogP contribution in [0.15, 0.2) is 16.7 Å². The number of rotatable bonds is 4. The van der Waals surface area contributed by atoms with Gasteiger partial charge in [-0.2, -0.15) is 23.3 Å². The number of ether oxygens (including phenoxy) is 2. The van der Waals surface area contributed by atoms with E-state index in [0.717, 1.165) is 0 Å². The molecule has 0 saturated carbocycles. The summed E-state index contributed by atoms with van der Waals surface area (Å²) in [4.78, 5) is 3.94. The van der Waals surface area contributed by atoms with Crippen LogP contribution in [0.3, 0.4) is 0 Å². The zero-order valence-corrected chi connectivity index (χ0v) is 11.4. The van der Waals surface area contributed by atoms with E-state index in [9.17, 15) is 13.2 Å². The Morgan fingerprint density at radius 3 is 2.59 bits per heavy atom. The van der Waals surface area contributed by atoms with E-state index in [0.29, 0.717) is 11.4 Å². The lowest BCUT2D eigenvalue weighted by atomic mass is 10.0. The SMILES string of the molecule is Cc1ccc(-c2noc(COC3(C(F)(F)F)COC3)n2)nn1. The van der Waals surface area contributed by atoms with E-state index in [1.807, 2.05) is 0 Å². The highest BCUT2D eigenvalue weighted by molar-refractivity contribution is 5.46. The molecule has 0 aliphatic carbocycles. The average molecular weight is 316 g/mol. The van der Waals surface area contributed by atoms with Crippen molar-refractivity contribution in [1.29, 1.82) is 0 Å². The van der Waals surface area contributed by atoms with Gasteiger partial charge in [0.2, 0.25) is 11.4 Å². The molecule has 0 radical (unpaired) electrons. The van der Waals surface area contributed by atoms with Crippen molar-refractivity contribution in [3.05, 3.63) is 23.7 Å². The Bertz CT molecular complexity index is 652. The Balaban J connectivity index is 1.68. The van der Waals surface area contributed by atoms with E-state index in [1.165, 1.54) is 0 Å². The molecule has 2 aromatic rings. The minimum Gasteiger partial charge on any atom is -0.375 e. The maximum atomic E-state index is 12.9. The number of aryl methyl sites for hydroxylation is 1. The van der Waals surface area contributed by atoms with Crippen molar-refractivity contribution < 1.29 is 27.2 Å². The molecule has 1 fully saturated rings. The van der Waals surface area contributed by atoms with Gasteiger partial charge in [-0.15, -0.1) is 5.10 Å². The topological polar surface area (TPSA) is 83.2 Å². The molecule has 0 atom stereocenters. The van der Waals surface area contributed by atoms with Crippen LogP contribution in [0.25, 0.3) is 11.5 Å². The maximum absolute atomic E-state index is 12.9. The highest BCUT2D eigenvalue weighted by atomic mass is 19.4. The molecule has 1 aliphatic heterocycles. The molecule has 1 saturated heterocycles. The minimum absolute atomic E-state index is 0.0760. The van der Waals surface area contributed by atoms with Crippen LogP contribution >= 0.6 is 0 Å². The second kappa shape index (κ2) is 5.29. The van der Waals surface area contributed by atoms with Crippen LogP contribution in [0.5, 0.6) is 0 Å². The Hall–Kier alpha value is -2.07. The molecule has 7 nitrogen and oxygen atoms in total. The number of halogens is 3. The molecular weight excluding hydrogens is 305 g/mol. The third-order valence-corrected chi connectivity index (χ3v) is 3.15. The summed E-state index contributed by atoms with van der Waals surface area (Å²) in [6, 6.07) is 3.34. The summed E-state index contributed by atoms with van der Waals surface area (Å²) in [6.45, 7) is 0.223. The molecule has 2 aromatic heterocycles. The second-order valence-electron chi connectivity index (χ2n) is 4.85. The monoisotopic (exact) mass is 316 g/mol. The van der Waals surface area contributed by atoms with Crippen LogP contribution in [0.1, 0.15) is 11.6 Å². The lowest BCUT2D eigenvalue weighted by molar-refractivity contribution is -0.354. The van der Waals surface area contributed by atoms with E-state index in [-0.39, 0.29) is 11.7 Å². The number of hydrogen-bond donors (Lipinski definition) is 0. The molecule has 118 valence electrons. The predicted molar refractivity (Wildman–Crippen MR) is 64.5 cm³/mol. The van der Waals surface area contributed by atoms with Crippen molar-refractivity contribution in [1.82, 2.24) is 20.3 Å². The fraction of sp³-hybridized carbons (Fsp3) is 0.500. The Labute approximate surface area is 122 Å². The number of aromatic nitrogens is 4. The molecule has 0 amide bonds. The molecule has 0 unspecified atom stereocenters. The van der Waals surface area contributed by atoms with Crippen molar-refractivity contribution in [2.24, 2.45) is 0 Å². The Morgan fingerprint density at radius 2 is 2.05 bits per heavy atom. The van der Waals surface area contributed by atoms with Crippen LogP contribution < -0.4 is 0 Å². The molecule has 0 aromatic carbocycles. The first-order valence-corrected chi connectivity index (χ1v) is 6.31. The highest BCUT2D eigenvalue weighted by Gasteiger charge is 2.61.